The highest BCUT2D eigenvalue weighted by Gasteiger charge is 2.44. The number of nitrogens with one attached hydrogen (secondary N) is 2. The number of hydrogen-bond donors (Lipinski definition) is 3. The molecule has 0 bridgehead atoms. The number of rotatable bonds is 9. The fraction of sp³-hybridized carbons (Fsp3) is 0.375. The van der Waals surface area contributed by atoms with Gasteiger partial charge in [0, 0.05) is 25.1 Å². The molecule has 0 saturated heterocycles. The van der Waals surface area contributed by atoms with Gasteiger partial charge < -0.3 is 15.7 Å². The summed E-state index contributed by atoms with van der Waals surface area (Å²) in [6, 6.07) is 10.7. The molecule has 4 nitrogen and oxygen atoms in total. The van der Waals surface area contributed by atoms with Gasteiger partial charge in [0.2, 0.25) is 5.91 Å². The van der Waals surface area contributed by atoms with Gasteiger partial charge in [0.15, 0.2) is 0 Å². The van der Waals surface area contributed by atoms with E-state index in [2.05, 4.69) is 29.3 Å². The summed E-state index contributed by atoms with van der Waals surface area (Å²) in [7, 11) is 0. The van der Waals surface area contributed by atoms with E-state index in [-0.39, 0.29) is 24.4 Å². The Morgan fingerprint density at radius 3 is 2.40 bits per heavy atom. The van der Waals surface area contributed by atoms with Crippen molar-refractivity contribution in [3.63, 3.8) is 0 Å². The number of halogens is 2. The molecule has 0 aliphatic heterocycles. The van der Waals surface area contributed by atoms with E-state index in [1.807, 2.05) is 19.1 Å². The largest absolute Gasteiger partial charge is 0.390 e. The molecule has 2 aromatic rings. The lowest BCUT2D eigenvalue weighted by Gasteiger charge is -2.27. The van der Waals surface area contributed by atoms with Crippen LogP contribution in [0.4, 0.5) is 8.78 Å². The predicted molar refractivity (Wildman–Crippen MR) is 114 cm³/mol. The van der Waals surface area contributed by atoms with Crippen molar-refractivity contribution < 1.29 is 18.7 Å². The van der Waals surface area contributed by atoms with Crippen molar-refractivity contribution in [3.8, 4) is 0 Å². The van der Waals surface area contributed by atoms with Crippen molar-refractivity contribution >= 4 is 11.5 Å². The average molecular weight is 414 g/mol. The van der Waals surface area contributed by atoms with E-state index in [0.29, 0.717) is 5.56 Å². The van der Waals surface area contributed by atoms with Crippen LogP contribution in [-0.2, 0) is 16.8 Å². The minimum Gasteiger partial charge on any atom is -0.390 e. The molecule has 0 radical (unpaired) electrons. The van der Waals surface area contributed by atoms with Crippen LogP contribution in [0.3, 0.4) is 0 Å². The molecule has 2 atom stereocenters. The third-order valence-electron chi connectivity index (χ3n) is 5.54. The topological polar surface area (TPSA) is 61.4 Å². The summed E-state index contributed by atoms with van der Waals surface area (Å²) in [5.41, 5.74) is 3.36. The van der Waals surface area contributed by atoms with E-state index in [0.717, 1.165) is 35.6 Å². The van der Waals surface area contributed by atoms with E-state index in [1.54, 1.807) is 0 Å². The fourth-order valence-corrected chi connectivity index (χ4v) is 3.74. The van der Waals surface area contributed by atoms with E-state index in [4.69, 9.17) is 0 Å². The molecule has 0 unspecified atom stereocenters. The van der Waals surface area contributed by atoms with E-state index >= 15 is 0 Å². The van der Waals surface area contributed by atoms with Gasteiger partial charge in [-0.2, -0.15) is 0 Å². The van der Waals surface area contributed by atoms with Gasteiger partial charge in [-0.05, 0) is 61.1 Å². The zero-order chi connectivity index (χ0) is 21.9. The molecule has 1 aliphatic rings. The van der Waals surface area contributed by atoms with Crippen LogP contribution in [-0.4, -0.2) is 29.7 Å². The van der Waals surface area contributed by atoms with Gasteiger partial charge in [-0.15, -0.1) is 0 Å². The van der Waals surface area contributed by atoms with Gasteiger partial charge in [-0.3, -0.25) is 4.79 Å². The van der Waals surface area contributed by atoms with Gasteiger partial charge in [-0.1, -0.05) is 30.4 Å². The SMILES string of the molecule is C=C(C)c1cccc(C2(NC[C@H](O)[C@H](Cc3cc(F)cc(F)c3)NC(C)=O)CC2)c1. The van der Waals surface area contributed by atoms with Crippen molar-refractivity contribution in [2.45, 2.75) is 50.8 Å². The molecule has 1 saturated carbocycles. The number of aliphatic hydroxyl groups is 1. The Hall–Kier alpha value is -2.57. The molecule has 3 rings (SSSR count). The minimum absolute atomic E-state index is 0.120. The lowest BCUT2D eigenvalue weighted by atomic mass is 9.97. The Bertz CT molecular complexity index is 920. The summed E-state index contributed by atoms with van der Waals surface area (Å²) in [5.74, 6) is -1.69. The van der Waals surface area contributed by atoms with Gasteiger partial charge >= 0.3 is 0 Å². The number of amides is 1. The number of hydrogen-bond acceptors (Lipinski definition) is 3. The van der Waals surface area contributed by atoms with E-state index in [1.165, 1.54) is 19.1 Å². The Balaban J connectivity index is 1.69. The predicted octanol–water partition coefficient (Wildman–Crippen LogP) is 3.68. The summed E-state index contributed by atoms with van der Waals surface area (Å²) >= 11 is 0. The molecule has 6 heteroatoms. The van der Waals surface area contributed by atoms with Crippen LogP contribution in [0, 0.1) is 11.6 Å². The van der Waals surface area contributed by atoms with Crippen LogP contribution in [0.5, 0.6) is 0 Å². The zero-order valence-corrected chi connectivity index (χ0v) is 17.3. The van der Waals surface area contributed by atoms with Crippen molar-refractivity contribution in [2.75, 3.05) is 6.54 Å². The molecule has 1 aliphatic carbocycles. The molecule has 0 aromatic heterocycles. The number of carbonyl (C=O) groups is 1. The summed E-state index contributed by atoms with van der Waals surface area (Å²) in [5, 5.41) is 16.9. The standard InChI is InChI=1S/C24H28F2N2O2/c1-15(2)18-5-4-6-19(12-18)24(7-8-24)27-14-23(30)22(28-16(3)29)11-17-9-20(25)13-21(26)10-17/h4-6,9-10,12-13,22-23,27,30H,1,7-8,11,14H2,2-3H3,(H,28,29)/t22-,23-/m0/s1. The molecule has 1 fully saturated rings. The first kappa shape index (κ1) is 22.1. The molecule has 30 heavy (non-hydrogen) atoms. The molecule has 0 spiro atoms. The van der Waals surface area contributed by atoms with Gasteiger partial charge in [0.25, 0.3) is 0 Å². The first-order valence-electron chi connectivity index (χ1n) is 10.1. The van der Waals surface area contributed by atoms with Crippen LogP contribution in [0.25, 0.3) is 5.57 Å². The molecule has 0 heterocycles. The molecule has 1 amide bonds. The minimum atomic E-state index is -0.929. The summed E-state index contributed by atoms with van der Waals surface area (Å²) in [6.45, 7) is 7.54. The average Bonchev–Trinajstić information content (AvgIpc) is 3.46. The number of allylic oxidation sites excluding steroid dienone is 1. The number of aliphatic hydroxyl groups excluding tert-OH is 1. The Kier molecular flexibility index (Phi) is 6.68. The zero-order valence-electron chi connectivity index (χ0n) is 17.3. The fourth-order valence-electron chi connectivity index (χ4n) is 3.74. The molecule has 160 valence electrons. The molecular formula is C24H28F2N2O2. The third kappa shape index (κ3) is 5.52. The lowest BCUT2D eigenvalue weighted by Crippen LogP contribution is -2.49. The van der Waals surface area contributed by atoms with Crippen LogP contribution < -0.4 is 10.6 Å². The maximum atomic E-state index is 13.5. The summed E-state index contributed by atoms with van der Waals surface area (Å²) < 4.78 is 27.0. The highest BCUT2D eigenvalue weighted by atomic mass is 19.1. The Morgan fingerprint density at radius 1 is 1.17 bits per heavy atom. The first-order valence-corrected chi connectivity index (χ1v) is 10.1. The van der Waals surface area contributed by atoms with E-state index < -0.39 is 23.8 Å². The normalized spacial score (nSPS) is 16.6. The molecular weight excluding hydrogens is 386 g/mol. The maximum absolute atomic E-state index is 13.5. The van der Waals surface area contributed by atoms with E-state index in [9.17, 15) is 18.7 Å². The number of benzene rings is 2. The summed E-state index contributed by atoms with van der Waals surface area (Å²) in [4.78, 5) is 11.6. The second-order valence-electron chi connectivity index (χ2n) is 8.18. The Labute approximate surface area is 176 Å². The van der Waals surface area contributed by atoms with Crippen LogP contribution in [0.2, 0.25) is 0 Å². The van der Waals surface area contributed by atoms with Crippen molar-refractivity contribution in [1.29, 1.82) is 0 Å². The van der Waals surface area contributed by atoms with Crippen molar-refractivity contribution in [1.82, 2.24) is 10.6 Å². The number of carbonyl (C=O) groups excluding carboxylic acids is 1. The Morgan fingerprint density at radius 2 is 1.83 bits per heavy atom. The second-order valence-corrected chi connectivity index (χ2v) is 8.18. The third-order valence-corrected chi connectivity index (χ3v) is 5.54. The van der Waals surface area contributed by atoms with Crippen LogP contribution in [0.1, 0.15) is 43.4 Å². The highest BCUT2D eigenvalue weighted by Crippen LogP contribution is 2.45. The van der Waals surface area contributed by atoms with Gasteiger partial charge in [0.1, 0.15) is 11.6 Å². The monoisotopic (exact) mass is 414 g/mol. The first-order chi connectivity index (χ1) is 14.2. The van der Waals surface area contributed by atoms with Crippen LogP contribution >= 0.6 is 0 Å². The quantitative estimate of drug-likeness (QED) is 0.587. The van der Waals surface area contributed by atoms with Gasteiger partial charge in [0.05, 0.1) is 12.1 Å². The maximum Gasteiger partial charge on any atom is 0.217 e. The summed E-state index contributed by atoms with van der Waals surface area (Å²) in [6.07, 6.45) is 1.08. The molecule has 3 N–H and O–H groups in total. The van der Waals surface area contributed by atoms with Crippen molar-refractivity contribution in [3.05, 3.63) is 77.4 Å². The smallest absolute Gasteiger partial charge is 0.217 e. The molecule has 2 aromatic carbocycles. The van der Waals surface area contributed by atoms with Crippen LogP contribution in [0.15, 0.2) is 49.0 Å². The second kappa shape index (κ2) is 9.06. The lowest BCUT2D eigenvalue weighted by molar-refractivity contribution is -0.120. The van der Waals surface area contributed by atoms with Gasteiger partial charge in [-0.25, -0.2) is 8.78 Å². The highest BCUT2D eigenvalue weighted by molar-refractivity contribution is 5.73. The van der Waals surface area contributed by atoms with Crippen molar-refractivity contribution in [2.24, 2.45) is 0 Å².